The van der Waals surface area contributed by atoms with Crippen molar-refractivity contribution in [3.8, 4) is 0 Å². The van der Waals surface area contributed by atoms with Gasteiger partial charge in [0.2, 0.25) is 15.9 Å². The highest BCUT2D eigenvalue weighted by atomic mass is 32.2. The lowest BCUT2D eigenvalue weighted by molar-refractivity contribution is -0.132. The van der Waals surface area contributed by atoms with Crippen LogP contribution in [0.5, 0.6) is 0 Å². The second-order valence-electron chi connectivity index (χ2n) is 7.86. The SMILES string of the molecule is CCN(CC)S(=O)(=O)c1ccc(CCC(=O)N2CCN(CC3CC3)CC2)cc1. The molecule has 1 saturated carbocycles. The lowest BCUT2D eigenvalue weighted by Gasteiger charge is -2.34. The molecule has 1 amide bonds. The van der Waals surface area contributed by atoms with Crippen LogP contribution in [0.4, 0.5) is 0 Å². The Balaban J connectivity index is 1.47. The van der Waals surface area contributed by atoms with Gasteiger partial charge in [-0.2, -0.15) is 4.31 Å². The summed E-state index contributed by atoms with van der Waals surface area (Å²) in [6.07, 6.45) is 3.86. The van der Waals surface area contributed by atoms with Crippen LogP contribution in [0.15, 0.2) is 29.2 Å². The number of aryl methyl sites for hydroxylation is 1. The molecule has 1 aliphatic heterocycles. The van der Waals surface area contributed by atoms with Crippen LogP contribution >= 0.6 is 0 Å². The topological polar surface area (TPSA) is 60.9 Å². The molecule has 0 unspecified atom stereocenters. The molecular formula is C21H33N3O3S. The summed E-state index contributed by atoms with van der Waals surface area (Å²) in [6.45, 7) is 9.43. The van der Waals surface area contributed by atoms with Gasteiger partial charge in [0.15, 0.2) is 0 Å². The predicted octanol–water partition coefficient (Wildman–Crippen LogP) is 2.20. The number of carbonyl (C=O) groups is 1. The van der Waals surface area contributed by atoms with Gasteiger partial charge in [0.05, 0.1) is 4.90 Å². The van der Waals surface area contributed by atoms with Gasteiger partial charge in [-0.25, -0.2) is 8.42 Å². The molecule has 1 aliphatic carbocycles. The zero-order chi connectivity index (χ0) is 20.1. The van der Waals surface area contributed by atoms with E-state index in [1.165, 1.54) is 23.7 Å². The third-order valence-electron chi connectivity index (χ3n) is 5.83. The predicted molar refractivity (Wildman–Crippen MR) is 111 cm³/mol. The van der Waals surface area contributed by atoms with Gasteiger partial charge in [0.25, 0.3) is 0 Å². The van der Waals surface area contributed by atoms with E-state index in [0.29, 0.717) is 30.8 Å². The number of hydrogen-bond acceptors (Lipinski definition) is 4. The van der Waals surface area contributed by atoms with Crippen LogP contribution in [0, 0.1) is 5.92 Å². The molecule has 2 fully saturated rings. The lowest BCUT2D eigenvalue weighted by atomic mass is 10.1. The van der Waals surface area contributed by atoms with Crippen LogP contribution in [0.1, 0.15) is 38.7 Å². The number of nitrogens with zero attached hydrogens (tertiary/aromatic N) is 3. The molecule has 0 aromatic heterocycles. The molecule has 0 radical (unpaired) electrons. The molecule has 1 heterocycles. The molecule has 0 spiro atoms. The second kappa shape index (κ2) is 9.37. The normalized spacial score (nSPS) is 18.6. The second-order valence-corrected chi connectivity index (χ2v) is 9.80. The number of hydrogen-bond donors (Lipinski definition) is 0. The molecule has 0 atom stereocenters. The Labute approximate surface area is 169 Å². The summed E-state index contributed by atoms with van der Waals surface area (Å²) < 4.78 is 26.5. The van der Waals surface area contributed by atoms with Gasteiger partial charge in [-0.15, -0.1) is 0 Å². The molecule has 2 aliphatic rings. The van der Waals surface area contributed by atoms with Gasteiger partial charge in [-0.1, -0.05) is 26.0 Å². The number of rotatable bonds is 9. The fourth-order valence-electron chi connectivity index (χ4n) is 3.80. The molecule has 0 bridgehead atoms. The van der Waals surface area contributed by atoms with Crippen molar-refractivity contribution in [1.82, 2.24) is 14.1 Å². The third kappa shape index (κ3) is 5.33. The molecule has 1 saturated heterocycles. The summed E-state index contributed by atoms with van der Waals surface area (Å²) in [4.78, 5) is 17.3. The Morgan fingerprint density at radius 2 is 1.64 bits per heavy atom. The highest BCUT2D eigenvalue weighted by molar-refractivity contribution is 7.89. The quantitative estimate of drug-likeness (QED) is 0.630. The molecule has 1 aromatic rings. The zero-order valence-corrected chi connectivity index (χ0v) is 18.0. The van der Waals surface area contributed by atoms with E-state index in [0.717, 1.165) is 37.7 Å². The van der Waals surface area contributed by atoms with Crippen molar-refractivity contribution in [3.05, 3.63) is 29.8 Å². The van der Waals surface area contributed by atoms with Crippen LogP contribution in [0.25, 0.3) is 0 Å². The fourth-order valence-corrected chi connectivity index (χ4v) is 5.25. The van der Waals surface area contributed by atoms with Gasteiger partial charge in [-0.3, -0.25) is 9.69 Å². The van der Waals surface area contributed by atoms with Crippen LogP contribution in [-0.4, -0.2) is 74.2 Å². The minimum atomic E-state index is -3.42. The first-order valence-corrected chi connectivity index (χ1v) is 12.0. The Morgan fingerprint density at radius 1 is 1.04 bits per heavy atom. The van der Waals surface area contributed by atoms with E-state index in [9.17, 15) is 13.2 Å². The number of sulfonamides is 1. The van der Waals surface area contributed by atoms with Gasteiger partial charge in [0.1, 0.15) is 0 Å². The molecule has 6 nitrogen and oxygen atoms in total. The lowest BCUT2D eigenvalue weighted by Crippen LogP contribution is -2.49. The van der Waals surface area contributed by atoms with Crippen LogP contribution in [-0.2, 0) is 21.2 Å². The van der Waals surface area contributed by atoms with Crippen molar-refractivity contribution in [2.24, 2.45) is 5.92 Å². The average Bonchev–Trinajstić information content (AvgIpc) is 3.52. The average molecular weight is 408 g/mol. The van der Waals surface area contributed by atoms with Crippen LogP contribution < -0.4 is 0 Å². The van der Waals surface area contributed by atoms with Gasteiger partial charge in [-0.05, 0) is 42.9 Å². The molecule has 156 valence electrons. The molecule has 28 heavy (non-hydrogen) atoms. The standard InChI is InChI=1S/C21H33N3O3S/c1-3-24(4-2)28(26,27)20-10-7-18(8-11-20)9-12-21(25)23-15-13-22(14-16-23)17-19-5-6-19/h7-8,10-11,19H,3-6,9,12-17H2,1-2H3. The maximum Gasteiger partial charge on any atom is 0.243 e. The van der Waals surface area contributed by atoms with E-state index in [1.807, 2.05) is 30.9 Å². The summed E-state index contributed by atoms with van der Waals surface area (Å²) in [5.74, 6) is 1.10. The molecule has 0 N–H and O–H groups in total. The summed E-state index contributed by atoms with van der Waals surface area (Å²) >= 11 is 0. The van der Waals surface area contributed by atoms with E-state index in [2.05, 4.69) is 4.90 Å². The van der Waals surface area contributed by atoms with Crippen molar-refractivity contribution in [2.75, 3.05) is 45.8 Å². The van der Waals surface area contributed by atoms with Crippen molar-refractivity contribution in [2.45, 2.75) is 44.4 Å². The minimum absolute atomic E-state index is 0.200. The van der Waals surface area contributed by atoms with E-state index in [4.69, 9.17) is 0 Å². The third-order valence-corrected chi connectivity index (χ3v) is 7.90. The molecule has 7 heteroatoms. The van der Waals surface area contributed by atoms with Gasteiger partial charge < -0.3 is 4.90 Å². The number of carbonyl (C=O) groups excluding carboxylic acids is 1. The maximum absolute atomic E-state index is 12.5. The Kier molecular flexibility index (Phi) is 7.12. The van der Waals surface area contributed by atoms with Crippen molar-refractivity contribution in [3.63, 3.8) is 0 Å². The van der Waals surface area contributed by atoms with Crippen LogP contribution in [0.3, 0.4) is 0 Å². The first-order valence-electron chi connectivity index (χ1n) is 10.5. The fraction of sp³-hybridized carbons (Fsp3) is 0.667. The van der Waals surface area contributed by atoms with E-state index < -0.39 is 10.0 Å². The number of benzene rings is 1. The summed E-state index contributed by atoms with van der Waals surface area (Å²) in [6, 6.07) is 6.97. The van der Waals surface area contributed by atoms with Crippen molar-refractivity contribution < 1.29 is 13.2 Å². The Bertz CT molecular complexity index is 748. The number of piperazine rings is 1. The Morgan fingerprint density at radius 3 is 2.18 bits per heavy atom. The summed E-state index contributed by atoms with van der Waals surface area (Å²) in [7, 11) is -3.42. The van der Waals surface area contributed by atoms with E-state index in [-0.39, 0.29) is 5.91 Å². The summed E-state index contributed by atoms with van der Waals surface area (Å²) in [5, 5.41) is 0. The first kappa shape index (κ1) is 21.3. The molecule has 1 aromatic carbocycles. The smallest absolute Gasteiger partial charge is 0.243 e. The maximum atomic E-state index is 12.5. The van der Waals surface area contributed by atoms with Crippen molar-refractivity contribution in [1.29, 1.82) is 0 Å². The highest BCUT2D eigenvalue weighted by Crippen LogP contribution is 2.30. The monoisotopic (exact) mass is 407 g/mol. The van der Waals surface area contributed by atoms with Gasteiger partial charge in [0, 0.05) is 52.2 Å². The van der Waals surface area contributed by atoms with E-state index >= 15 is 0 Å². The molecular weight excluding hydrogens is 374 g/mol. The number of amides is 1. The largest absolute Gasteiger partial charge is 0.340 e. The Hall–Kier alpha value is -1.44. The van der Waals surface area contributed by atoms with Gasteiger partial charge >= 0.3 is 0 Å². The minimum Gasteiger partial charge on any atom is -0.340 e. The molecule has 3 rings (SSSR count). The highest BCUT2D eigenvalue weighted by Gasteiger charge is 2.27. The first-order chi connectivity index (χ1) is 13.4. The van der Waals surface area contributed by atoms with Crippen molar-refractivity contribution >= 4 is 15.9 Å². The summed E-state index contributed by atoms with van der Waals surface area (Å²) in [5.41, 5.74) is 0.999. The van der Waals surface area contributed by atoms with E-state index in [1.54, 1.807) is 12.1 Å². The zero-order valence-electron chi connectivity index (χ0n) is 17.1. The van der Waals surface area contributed by atoms with Crippen LogP contribution in [0.2, 0.25) is 0 Å².